The minimum Gasteiger partial charge on any atom is -0.285 e. The van der Waals surface area contributed by atoms with E-state index in [2.05, 4.69) is 0 Å². The van der Waals surface area contributed by atoms with Gasteiger partial charge in [0.25, 0.3) is 0 Å². The van der Waals surface area contributed by atoms with E-state index in [1.54, 1.807) is 0 Å². The van der Waals surface area contributed by atoms with E-state index in [9.17, 15) is 9.59 Å². The summed E-state index contributed by atoms with van der Waals surface area (Å²) in [5.74, 6) is 0. The molecule has 0 N–H and O–H groups in total. The van der Waals surface area contributed by atoms with Crippen LogP contribution in [0.4, 0.5) is 0 Å². The molecule has 0 unspecified atom stereocenters. The molecular formula is C24H14O2. The zero-order chi connectivity index (χ0) is 17.7. The molecule has 122 valence electrons. The van der Waals surface area contributed by atoms with Crippen LogP contribution in [0.5, 0.6) is 0 Å². The van der Waals surface area contributed by atoms with Gasteiger partial charge in [0, 0.05) is 11.1 Å². The zero-order valence-electron chi connectivity index (χ0n) is 13.9. The van der Waals surface area contributed by atoms with Gasteiger partial charge in [-0.2, -0.15) is 0 Å². The van der Waals surface area contributed by atoms with E-state index in [1.165, 1.54) is 0 Å². The Morgan fingerprint density at radius 3 is 1.27 bits per heavy atom. The molecule has 0 aromatic heterocycles. The second-order valence-corrected chi connectivity index (χ2v) is 6.46. The van der Waals surface area contributed by atoms with Gasteiger partial charge in [0.15, 0.2) is 0 Å². The van der Waals surface area contributed by atoms with Crippen molar-refractivity contribution in [3.05, 3.63) is 105 Å². The van der Waals surface area contributed by atoms with Crippen molar-refractivity contribution in [2.45, 2.75) is 0 Å². The van der Waals surface area contributed by atoms with Crippen molar-refractivity contribution >= 4 is 21.5 Å². The maximum atomic E-state index is 12.5. The Morgan fingerprint density at radius 2 is 0.808 bits per heavy atom. The zero-order valence-corrected chi connectivity index (χ0v) is 13.9. The first-order valence-electron chi connectivity index (χ1n) is 8.55. The van der Waals surface area contributed by atoms with Gasteiger partial charge in [0.2, 0.25) is 10.9 Å². The SMILES string of the molecule is O=c1c(-c2cccc3ccccc23)c(-c2cccc3ccccc23)c1=O. The van der Waals surface area contributed by atoms with Gasteiger partial charge in [-0.05, 0) is 32.7 Å². The Labute approximate surface area is 149 Å². The van der Waals surface area contributed by atoms with Gasteiger partial charge in [0.05, 0.1) is 0 Å². The predicted molar refractivity (Wildman–Crippen MR) is 107 cm³/mol. The summed E-state index contributed by atoms with van der Waals surface area (Å²) in [6, 6.07) is 27.6. The van der Waals surface area contributed by atoms with Crippen LogP contribution >= 0.6 is 0 Å². The molecule has 5 rings (SSSR count). The molecule has 0 aliphatic heterocycles. The van der Waals surface area contributed by atoms with Crippen molar-refractivity contribution < 1.29 is 0 Å². The van der Waals surface area contributed by atoms with Crippen LogP contribution in [0.1, 0.15) is 0 Å². The summed E-state index contributed by atoms with van der Waals surface area (Å²) >= 11 is 0. The fraction of sp³-hybridized carbons (Fsp3) is 0. The van der Waals surface area contributed by atoms with Crippen LogP contribution in [0, 0.1) is 0 Å². The van der Waals surface area contributed by atoms with Crippen molar-refractivity contribution in [1.29, 1.82) is 0 Å². The molecule has 5 aromatic rings. The van der Waals surface area contributed by atoms with Crippen LogP contribution in [-0.4, -0.2) is 0 Å². The topological polar surface area (TPSA) is 34.1 Å². The van der Waals surface area contributed by atoms with Crippen LogP contribution in [0.2, 0.25) is 0 Å². The van der Waals surface area contributed by atoms with Gasteiger partial charge in [0.1, 0.15) is 0 Å². The first kappa shape index (κ1) is 14.8. The second-order valence-electron chi connectivity index (χ2n) is 6.46. The molecule has 2 nitrogen and oxygen atoms in total. The van der Waals surface area contributed by atoms with E-state index in [0.717, 1.165) is 32.7 Å². The lowest BCUT2D eigenvalue weighted by molar-refractivity contribution is 1.42. The Hall–Kier alpha value is -3.52. The lowest BCUT2D eigenvalue weighted by atomic mass is 9.85. The van der Waals surface area contributed by atoms with Crippen molar-refractivity contribution in [2.24, 2.45) is 0 Å². The highest BCUT2D eigenvalue weighted by Crippen LogP contribution is 2.36. The van der Waals surface area contributed by atoms with Crippen molar-refractivity contribution in [2.75, 3.05) is 0 Å². The van der Waals surface area contributed by atoms with Gasteiger partial charge in [-0.15, -0.1) is 0 Å². The van der Waals surface area contributed by atoms with Gasteiger partial charge in [-0.25, -0.2) is 0 Å². The third kappa shape index (κ3) is 1.99. The van der Waals surface area contributed by atoms with E-state index in [0.29, 0.717) is 11.1 Å². The fourth-order valence-corrected chi connectivity index (χ4v) is 3.79. The van der Waals surface area contributed by atoms with E-state index in [4.69, 9.17) is 0 Å². The molecule has 26 heavy (non-hydrogen) atoms. The Bertz CT molecular complexity index is 1250. The molecule has 0 aliphatic carbocycles. The molecule has 0 amide bonds. The van der Waals surface area contributed by atoms with E-state index in [-0.39, 0.29) is 0 Å². The van der Waals surface area contributed by atoms with Crippen molar-refractivity contribution in [3.63, 3.8) is 0 Å². The first-order valence-corrected chi connectivity index (χ1v) is 8.55. The predicted octanol–water partition coefficient (Wildman–Crippen LogP) is 4.92. The molecule has 0 atom stereocenters. The summed E-state index contributed by atoms with van der Waals surface area (Å²) in [4.78, 5) is 25.0. The summed E-state index contributed by atoms with van der Waals surface area (Å²) in [7, 11) is 0. The summed E-state index contributed by atoms with van der Waals surface area (Å²) in [6.07, 6.45) is 0. The quantitative estimate of drug-likeness (QED) is 0.429. The minimum atomic E-state index is -0.399. The maximum Gasteiger partial charge on any atom is 0.234 e. The molecule has 0 aliphatic rings. The Morgan fingerprint density at radius 1 is 0.423 bits per heavy atom. The van der Waals surface area contributed by atoms with Crippen molar-refractivity contribution in [1.82, 2.24) is 0 Å². The first-order chi connectivity index (χ1) is 12.8. The lowest BCUT2D eigenvalue weighted by Crippen LogP contribution is -2.35. The molecule has 0 bridgehead atoms. The van der Waals surface area contributed by atoms with Crippen LogP contribution in [-0.2, 0) is 0 Å². The average Bonchev–Trinajstić information content (AvgIpc) is 2.71. The maximum absolute atomic E-state index is 12.5. The Kier molecular flexibility index (Phi) is 3.13. The third-order valence-electron chi connectivity index (χ3n) is 5.03. The molecule has 0 spiro atoms. The van der Waals surface area contributed by atoms with Gasteiger partial charge in [-0.1, -0.05) is 84.9 Å². The van der Waals surface area contributed by atoms with Crippen LogP contribution in [0.3, 0.4) is 0 Å². The van der Waals surface area contributed by atoms with E-state index >= 15 is 0 Å². The van der Waals surface area contributed by atoms with Crippen LogP contribution < -0.4 is 10.9 Å². The largest absolute Gasteiger partial charge is 0.285 e. The molecule has 2 heteroatoms. The van der Waals surface area contributed by atoms with E-state index in [1.807, 2.05) is 84.9 Å². The molecule has 0 radical (unpaired) electrons. The normalized spacial score (nSPS) is 11.4. The molecule has 0 saturated heterocycles. The van der Waals surface area contributed by atoms with E-state index < -0.39 is 10.9 Å². The fourth-order valence-electron chi connectivity index (χ4n) is 3.79. The smallest absolute Gasteiger partial charge is 0.234 e. The average molecular weight is 334 g/mol. The summed E-state index contributed by atoms with van der Waals surface area (Å²) in [5.41, 5.74) is 1.92. The van der Waals surface area contributed by atoms with Crippen molar-refractivity contribution in [3.8, 4) is 22.3 Å². The van der Waals surface area contributed by atoms with Crippen LogP contribution in [0.25, 0.3) is 43.8 Å². The lowest BCUT2D eigenvalue weighted by Gasteiger charge is -2.15. The summed E-state index contributed by atoms with van der Waals surface area (Å²) in [5, 5.41) is 4.09. The number of hydrogen-bond acceptors (Lipinski definition) is 2. The number of benzene rings is 4. The highest BCUT2D eigenvalue weighted by molar-refractivity contribution is 6.06. The molecule has 0 fully saturated rings. The standard InChI is InChI=1S/C24H14O2/c25-23-21(19-13-5-9-15-7-1-3-11-17(15)19)22(24(23)26)20-14-6-10-16-8-2-4-12-18(16)20/h1-14H. The minimum absolute atomic E-state index is 0.399. The summed E-state index contributed by atoms with van der Waals surface area (Å²) < 4.78 is 0. The molecule has 0 saturated carbocycles. The second kappa shape index (κ2) is 5.50. The highest BCUT2D eigenvalue weighted by Gasteiger charge is 2.25. The van der Waals surface area contributed by atoms with Gasteiger partial charge < -0.3 is 0 Å². The molecule has 0 heterocycles. The molecular weight excluding hydrogens is 320 g/mol. The third-order valence-corrected chi connectivity index (χ3v) is 5.03. The summed E-state index contributed by atoms with van der Waals surface area (Å²) in [6.45, 7) is 0. The number of fused-ring (bicyclic) bond motifs is 2. The highest BCUT2D eigenvalue weighted by atomic mass is 16.2. The van der Waals surface area contributed by atoms with Gasteiger partial charge >= 0.3 is 0 Å². The number of rotatable bonds is 2. The Balaban J connectivity index is 1.86. The van der Waals surface area contributed by atoms with Gasteiger partial charge in [-0.3, -0.25) is 9.59 Å². The molecule has 5 aromatic carbocycles. The number of hydrogen-bond donors (Lipinski definition) is 0. The van der Waals surface area contributed by atoms with Crippen LogP contribution in [0.15, 0.2) is 94.5 Å². The monoisotopic (exact) mass is 334 g/mol.